The molecule has 1 fully saturated rings. The molecule has 1 amide bonds. The van der Waals surface area contributed by atoms with E-state index < -0.39 is 28.6 Å². The first-order valence-corrected chi connectivity index (χ1v) is 9.67. The molecule has 0 bridgehead atoms. The van der Waals surface area contributed by atoms with E-state index in [0.29, 0.717) is 5.56 Å². The van der Waals surface area contributed by atoms with E-state index in [1.54, 1.807) is 0 Å². The lowest BCUT2D eigenvalue weighted by Crippen LogP contribution is -2.38. The van der Waals surface area contributed by atoms with Crippen molar-refractivity contribution in [1.82, 2.24) is 5.32 Å². The van der Waals surface area contributed by atoms with Crippen molar-refractivity contribution in [3.8, 4) is 0 Å². The zero-order valence-corrected chi connectivity index (χ0v) is 16.1. The standard InChI is InChI=1S/C21H21F3N3O3/c22-21(23,24)15-5-4-8-17(13-15)25-19(14-9-11-18(12-10-14)27(29)30)20(28)26-16-6-2-1-3-7-16/h4-5,8-13,16,19H,1-3,6-7H2,(H,26,28)/q-1. The predicted octanol–water partition coefficient (Wildman–Crippen LogP) is 5.81. The maximum Gasteiger partial charge on any atom is 0.416 e. The highest BCUT2D eigenvalue weighted by atomic mass is 19.4. The first-order valence-electron chi connectivity index (χ1n) is 9.67. The first kappa shape index (κ1) is 21.6. The van der Waals surface area contributed by atoms with Gasteiger partial charge in [0, 0.05) is 18.2 Å². The quantitative estimate of drug-likeness (QED) is 0.473. The smallest absolute Gasteiger partial charge is 0.416 e. The van der Waals surface area contributed by atoms with Gasteiger partial charge in [0.05, 0.1) is 10.5 Å². The zero-order valence-electron chi connectivity index (χ0n) is 16.1. The molecular formula is C21H21F3N3O3-. The van der Waals surface area contributed by atoms with Gasteiger partial charge in [0.15, 0.2) is 0 Å². The summed E-state index contributed by atoms with van der Waals surface area (Å²) in [5.74, 6) is -0.437. The van der Waals surface area contributed by atoms with Crippen molar-refractivity contribution in [3.05, 3.63) is 75.1 Å². The van der Waals surface area contributed by atoms with Gasteiger partial charge in [-0.2, -0.15) is 13.2 Å². The second-order valence-corrected chi connectivity index (χ2v) is 7.27. The van der Waals surface area contributed by atoms with Crippen molar-refractivity contribution in [2.75, 3.05) is 0 Å². The third-order valence-electron chi connectivity index (χ3n) is 5.07. The molecule has 2 aromatic carbocycles. The van der Waals surface area contributed by atoms with Crippen LogP contribution < -0.4 is 5.32 Å². The van der Waals surface area contributed by atoms with Crippen LogP contribution in [0.15, 0.2) is 48.5 Å². The lowest BCUT2D eigenvalue weighted by atomic mass is 9.95. The van der Waals surface area contributed by atoms with Crippen LogP contribution in [0.3, 0.4) is 0 Å². The number of hydrogen-bond donors (Lipinski definition) is 1. The van der Waals surface area contributed by atoms with Gasteiger partial charge in [0.2, 0.25) is 5.91 Å². The number of carbonyl (C=O) groups excluding carboxylic acids is 1. The monoisotopic (exact) mass is 420 g/mol. The van der Waals surface area contributed by atoms with Gasteiger partial charge in [-0.25, -0.2) is 0 Å². The molecule has 1 aliphatic carbocycles. The molecule has 3 rings (SSSR count). The van der Waals surface area contributed by atoms with Crippen LogP contribution in [0.25, 0.3) is 5.32 Å². The molecule has 1 aliphatic rings. The minimum Gasteiger partial charge on any atom is -0.670 e. The van der Waals surface area contributed by atoms with Gasteiger partial charge in [0.1, 0.15) is 0 Å². The van der Waals surface area contributed by atoms with Crippen LogP contribution in [-0.4, -0.2) is 16.9 Å². The first-order chi connectivity index (χ1) is 14.2. The average molecular weight is 420 g/mol. The normalized spacial score (nSPS) is 16.0. The molecule has 30 heavy (non-hydrogen) atoms. The summed E-state index contributed by atoms with van der Waals surface area (Å²) in [5, 5.41) is 18.1. The van der Waals surface area contributed by atoms with E-state index in [2.05, 4.69) is 10.6 Å². The molecule has 0 heterocycles. The number of amides is 1. The number of nitro groups is 1. The number of hydrogen-bond acceptors (Lipinski definition) is 3. The van der Waals surface area contributed by atoms with Crippen molar-refractivity contribution in [2.45, 2.75) is 50.4 Å². The third kappa shape index (κ3) is 5.49. The Morgan fingerprint density at radius 1 is 1.10 bits per heavy atom. The maximum absolute atomic E-state index is 13.0. The predicted molar refractivity (Wildman–Crippen MR) is 105 cm³/mol. The zero-order chi connectivity index (χ0) is 21.7. The van der Waals surface area contributed by atoms with Crippen molar-refractivity contribution < 1.29 is 22.9 Å². The number of benzene rings is 2. The number of alkyl halides is 3. The molecule has 1 saturated carbocycles. The van der Waals surface area contributed by atoms with Crippen LogP contribution in [0.4, 0.5) is 24.5 Å². The molecule has 1 unspecified atom stereocenters. The van der Waals surface area contributed by atoms with Crippen molar-refractivity contribution >= 4 is 17.3 Å². The average Bonchev–Trinajstić information content (AvgIpc) is 2.72. The third-order valence-corrected chi connectivity index (χ3v) is 5.07. The number of rotatable bonds is 6. The summed E-state index contributed by atoms with van der Waals surface area (Å²) in [4.78, 5) is 23.3. The van der Waals surface area contributed by atoms with Gasteiger partial charge in [0.25, 0.3) is 5.69 Å². The van der Waals surface area contributed by atoms with Crippen molar-refractivity contribution in [3.63, 3.8) is 0 Å². The van der Waals surface area contributed by atoms with Crippen molar-refractivity contribution in [1.29, 1.82) is 0 Å². The summed E-state index contributed by atoms with van der Waals surface area (Å²) in [6, 6.07) is 8.61. The van der Waals surface area contributed by atoms with Gasteiger partial charge in [-0.15, -0.1) is 5.69 Å². The molecule has 1 atom stereocenters. The lowest BCUT2D eigenvalue weighted by Gasteiger charge is -2.35. The number of carbonyl (C=O) groups is 1. The highest BCUT2D eigenvalue weighted by Gasteiger charge is 2.30. The van der Waals surface area contributed by atoms with E-state index in [1.807, 2.05) is 0 Å². The van der Waals surface area contributed by atoms with Crippen LogP contribution in [-0.2, 0) is 11.0 Å². The van der Waals surface area contributed by atoms with Crippen LogP contribution >= 0.6 is 0 Å². The Labute approximate surface area is 171 Å². The van der Waals surface area contributed by atoms with Crippen LogP contribution in [0.5, 0.6) is 0 Å². The van der Waals surface area contributed by atoms with Crippen LogP contribution in [0.2, 0.25) is 0 Å². The van der Waals surface area contributed by atoms with Gasteiger partial charge in [-0.3, -0.25) is 14.9 Å². The maximum atomic E-state index is 13.0. The number of nitrogens with one attached hydrogen (secondary N) is 1. The summed E-state index contributed by atoms with van der Waals surface area (Å²) >= 11 is 0. The Morgan fingerprint density at radius 3 is 2.37 bits per heavy atom. The largest absolute Gasteiger partial charge is 0.670 e. The Kier molecular flexibility index (Phi) is 6.59. The van der Waals surface area contributed by atoms with E-state index >= 15 is 0 Å². The number of non-ortho nitro benzene ring substituents is 1. The van der Waals surface area contributed by atoms with Crippen LogP contribution in [0.1, 0.15) is 49.3 Å². The Balaban J connectivity index is 1.86. The second-order valence-electron chi connectivity index (χ2n) is 7.27. The molecule has 0 radical (unpaired) electrons. The number of nitro benzene ring substituents is 1. The van der Waals surface area contributed by atoms with E-state index in [-0.39, 0.29) is 17.4 Å². The molecular weight excluding hydrogens is 399 g/mol. The minimum absolute atomic E-state index is 0.00646. The fourth-order valence-electron chi connectivity index (χ4n) is 3.50. The topological polar surface area (TPSA) is 86.3 Å². The molecule has 0 aromatic heterocycles. The van der Waals surface area contributed by atoms with E-state index in [1.165, 1.54) is 36.4 Å². The molecule has 160 valence electrons. The summed E-state index contributed by atoms with van der Waals surface area (Å²) < 4.78 is 39.1. The SMILES string of the molecule is O=C(NC1CCCCC1)C([N-]c1cccc(C(F)(F)F)c1)c1ccc([N+](=O)[O-])cc1. The fourth-order valence-corrected chi connectivity index (χ4v) is 3.50. The Bertz CT molecular complexity index is 894. The van der Waals surface area contributed by atoms with Gasteiger partial charge in [-0.1, -0.05) is 61.2 Å². The molecule has 6 nitrogen and oxygen atoms in total. The fraction of sp³-hybridized carbons (Fsp3) is 0.381. The highest BCUT2D eigenvalue weighted by molar-refractivity contribution is 5.88. The molecule has 0 spiro atoms. The number of nitrogens with zero attached hydrogens (tertiary/aromatic N) is 2. The summed E-state index contributed by atoms with van der Waals surface area (Å²) in [7, 11) is 0. The van der Waals surface area contributed by atoms with E-state index in [4.69, 9.17) is 0 Å². The summed E-state index contributed by atoms with van der Waals surface area (Å²) in [5.41, 5.74) is -0.638. The van der Waals surface area contributed by atoms with E-state index in [0.717, 1.165) is 44.2 Å². The molecule has 2 aromatic rings. The molecule has 0 saturated heterocycles. The van der Waals surface area contributed by atoms with Crippen molar-refractivity contribution in [2.24, 2.45) is 0 Å². The summed E-state index contributed by atoms with van der Waals surface area (Å²) in [6.07, 6.45) is 0.242. The molecule has 1 N–H and O–H groups in total. The molecule has 0 aliphatic heterocycles. The Morgan fingerprint density at radius 2 is 1.77 bits per heavy atom. The van der Waals surface area contributed by atoms with Gasteiger partial charge >= 0.3 is 6.18 Å². The van der Waals surface area contributed by atoms with Gasteiger partial charge < -0.3 is 10.6 Å². The minimum atomic E-state index is -4.53. The number of halogens is 3. The van der Waals surface area contributed by atoms with E-state index in [9.17, 15) is 28.1 Å². The lowest BCUT2D eigenvalue weighted by molar-refractivity contribution is -0.384. The molecule has 9 heteroatoms. The second kappa shape index (κ2) is 9.15. The van der Waals surface area contributed by atoms with Gasteiger partial charge in [-0.05, 0) is 18.9 Å². The Hall–Kier alpha value is -3.10. The summed E-state index contributed by atoms with van der Waals surface area (Å²) in [6.45, 7) is 0. The highest BCUT2D eigenvalue weighted by Crippen LogP contribution is 2.37. The van der Waals surface area contributed by atoms with Crippen LogP contribution in [0, 0.1) is 10.1 Å².